The maximum Gasteiger partial charge on any atom is 0.145 e. The van der Waals surface area contributed by atoms with Crippen molar-refractivity contribution in [1.82, 2.24) is 9.38 Å². The average molecular weight is 246 g/mol. The first-order valence-corrected chi connectivity index (χ1v) is 6.51. The number of aryl methyl sites for hydroxylation is 2. The van der Waals surface area contributed by atoms with Crippen LogP contribution in [-0.2, 0) is 0 Å². The summed E-state index contributed by atoms with van der Waals surface area (Å²) in [5, 5.41) is 3.85. The predicted molar refractivity (Wildman–Crippen MR) is 79.7 cm³/mol. The number of hydrogen-bond acceptors (Lipinski definition) is 1. The number of aromatic nitrogens is 2. The first-order valence-electron chi connectivity index (χ1n) is 6.51. The lowest BCUT2D eigenvalue weighted by molar-refractivity contribution is 1.27. The van der Waals surface area contributed by atoms with Gasteiger partial charge in [-0.2, -0.15) is 0 Å². The third-order valence-electron chi connectivity index (χ3n) is 4.05. The Balaban J connectivity index is 2.47. The minimum Gasteiger partial charge on any atom is -0.299 e. The van der Waals surface area contributed by atoms with Gasteiger partial charge in [0, 0.05) is 23.2 Å². The molecule has 0 spiro atoms. The van der Waals surface area contributed by atoms with Crippen molar-refractivity contribution in [2.24, 2.45) is 0 Å². The highest BCUT2D eigenvalue weighted by atomic mass is 15.0. The molecule has 0 atom stereocenters. The van der Waals surface area contributed by atoms with E-state index in [1.165, 1.54) is 32.8 Å². The quantitative estimate of drug-likeness (QED) is 0.424. The van der Waals surface area contributed by atoms with Crippen LogP contribution in [0.1, 0.15) is 11.1 Å². The molecule has 4 aromatic rings. The van der Waals surface area contributed by atoms with Gasteiger partial charge >= 0.3 is 0 Å². The molecule has 2 aromatic carbocycles. The van der Waals surface area contributed by atoms with Gasteiger partial charge in [-0.3, -0.25) is 4.40 Å². The van der Waals surface area contributed by atoms with Gasteiger partial charge < -0.3 is 0 Å². The zero-order valence-electron chi connectivity index (χ0n) is 11.0. The second-order valence-corrected chi connectivity index (χ2v) is 5.07. The molecule has 0 saturated heterocycles. The van der Waals surface area contributed by atoms with Crippen LogP contribution < -0.4 is 0 Å². The van der Waals surface area contributed by atoms with E-state index in [9.17, 15) is 0 Å². The number of pyridine rings is 1. The van der Waals surface area contributed by atoms with Gasteiger partial charge in [0.05, 0.1) is 5.52 Å². The molecule has 0 aliphatic heterocycles. The Morgan fingerprint density at radius 3 is 2.68 bits per heavy atom. The van der Waals surface area contributed by atoms with Crippen LogP contribution >= 0.6 is 0 Å². The molecule has 0 aliphatic rings. The highest BCUT2D eigenvalue weighted by Gasteiger charge is 2.11. The number of rotatable bonds is 0. The third-order valence-corrected chi connectivity index (χ3v) is 4.05. The van der Waals surface area contributed by atoms with Gasteiger partial charge in [-0.05, 0) is 36.4 Å². The standard InChI is InChI=1S/C17H14N2/c1-11-7-8-14-16(12(11)2)13-5-3-4-6-15(13)19-10-9-18-17(14)19/h3-10H,1-2H3. The van der Waals surface area contributed by atoms with Gasteiger partial charge in [-0.1, -0.05) is 30.3 Å². The summed E-state index contributed by atoms with van der Waals surface area (Å²) in [6.07, 6.45) is 3.91. The van der Waals surface area contributed by atoms with E-state index < -0.39 is 0 Å². The Hall–Kier alpha value is -2.35. The number of fused-ring (bicyclic) bond motifs is 6. The summed E-state index contributed by atoms with van der Waals surface area (Å²) in [4.78, 5) is 4.53. The number of benzene rings is 2. The van der Waals surface area contributed by atoms with Crippen LogP contribution in [-0.4, -0.2) is 9.38 Å². The first-order chi connectivity index (χ1) is 9.27. The summed E-state index contributed by atoms with van der Waals surface area (Å²) in [5.41, 5.74) is 4.93. The van der Waals surface area contributed by atoms with Gasteiger partial charge in [-0.25, -0.2) is 4.98 Å². The Labute approximate surface area is 111 Å². The molecule has 92 valence electrons. The second kappa shape index (κ2) is 3.58. The van der Waals surface area contributed by atoms with E-state index in [4.69, 9.17) is 0 Å². The van der Waals surface area contributed by atoms with Crippen LogP contribution in [0.25, 0.3) is 27.3 Å². The molecule has 0 aliphatic carbocycles. The van der Waals surface area contributed by atoms with E-state index in [-0.39, 0.29) is 0 Å². The van der Waals surface area contributed by atoms with E-state index in [0.29, 0.717) is 0 Å². The Morgan fingerprint density at radius 1 is 0.947 bits per heavy atom. The Morgan fingerprint density at radius 2 is 1.79 bits per heavy atom. The molecule has 0 unspecified atom stereocenters. The zero-order valence-corrected chi connectivity index (χ0v) is 11.0. The third kappa shape index (κ3) is 1.28. The van der Waals surface area contributed by atoms with Gasteiger partial charge in [-0.15, -0.1) is 0 Å². The van der Waals surface area contributed by atoms with Crippen LogP contribution in [0.3, 0.4) is 0 Å². The lowest BCUT2D eigenvalue weighted by Gasteiger charge is -2.12. The van der Waals surface area contributed by atoms with Crippen molar-refractivity contribution >= 4 is 27.3 Å². The van der Waals surface area contributed by atoms with Crippen molar-refractivity contribution < 1.29 is 0 Å². The average Bonchev–Trinajstić information content (AvgIpc) is 2.92. The largest absolute Gasteiger partial charge is 0.299 e. The summed E-state index contributed by atoms with van der Waals surface area (Å²) in [6, 6.07) is 12.9. The summed E-state index contributed by atoms with van der Waals surface area (Å²) >= 11 is 0. The van der Waals surface area contributed by atoms with Gasteiger partial charge in [0.2, 0.25) is 0 Å². The molecule has 2 heteroatoms. The zero-order chi connectivity index (χ0) is 13.0. The van der Waals surface area contributed by atoms with E-state index in [0.717, 1.165) is 5.65 Å². The van der Waals surface area contributed by atoms with Crippen molar-refractivity contribution in [3.8, 4) is 0 Å². The predicted octanol–water partition coefficient (Wildman–Crippen LogP) is 4.26. The Bertz CT molecular complexity index is 932. The van der Waals surface area contributed by atoms with Crippen LogP contribution in [0.4, 0.5) is 0 Å². The van der Waals surface area contributed by atoms with E-state index in [2.05, 4.69) is 59.6 Å². The Kier molecular flexibility index (Phi) is 1.99. The molecular formula is C17H14N2. The van der Waals surface area contributed by atoms with Gasteiger partial charge in [0.1, 0.15) is 5.65 Å². The molecule has 2 heterocycles. The molecule has 0 N–H and O–H groups in total. The minimum absolute atomic E-state index is 1.04. The molecule has 0 fully saturated rings. The molecule has 4 rings (SSSR count). The highest BCUT2D eigenvalue weighted by molar-refractivity contribution is 6.13. The SMILES string of the molecule is Cc1ccc2c(c1C)c1ccccc1n1ccnc21. The van der Waals surface area contributed by atoms with Crippen molar-refractivity contribution in [3.63, 3.8) is 0 Å². The van der Waals surface area contributed by atoms with Crippen LogP contribution in [0, 0.1) is 13.8 Å². The normalized spacial score (nSPS) is 11.7. The molecule has 2 nitrogen and oxygen atoms in total. The van der Waals surface area contributed by atoms with E-state index >= 15 is 0 Å². The molecule has 0 radical (unpaired) electrons. The van der Waals surface area contributed by atoms with Gasteiger partial charge in [0.25, 0.3) is 0 Å². The van der Waals surface area contributed by atoms with Crippen LogP contribution in [0.2, 0.25) is 0 Å². The summed E-state index contributed by atoms with van der Waals surface area (Å²) in [5.74, 6) is 0. The van der Waals surface area contributed by atoms with E-state index in [1.54, 1.807) is 0 Å². The maximum atomic E-state index is 4.53. The number of hydrogen-bond donors (Lipinski definition) is 0. The number of para-hydroxylation sites is 1. The van der Waals surface area contributed by atoms with Gasteiger partial charge in [0.15, 0.2) is 0 Å². The van der Waals surface area contributed by atoms with Crippen LogP contribution in [0.15, 0.2) is 48.8 Å². The van der Waals surface area contributed by atoms with Crippen molar-refractivity contribution in [2.75, 3.05) is 0 Å². The summed E-state index contributed by atoms with van der Waals surface area (Å²) in [7, 11) is 0. The fourth-order valence-corrected chi connectivity index (χ4v) is 2.94. The lowest BCUT2D eigenvalue weighted by Crippen LogP contribution is -1.93. The fourth-order valence-electron chi connectivity index (χ4n) is 2.94. The minimum atomic E-state index is 1.04. The highest BCUT2D eigenvalue weighted by Crippen LogP contribution is 2.32. The van der Waals surface area contributed by atoms with Crippen LogP contribution in [0.5, 0.6) is 0 Å². The molecule has 0 bridgehead atoms. The monoisotopic (exact) mass is 246 g/mol. The smallest absolute Gasteiger partial charge is 0.145 e. The second-order valence-electron chi connectivity index (χ2n) is 5.07. The van der Waals surface area contributed by atoms with Crippen molar-refractivity contribution in [3.05, 3.63) is 59.9 Å². The van der Waals surface area contributed by atoms with E-state index in [1.807, 2.05) is 12.4 Å². The summed E-state index contributed by atoms with van der Waals surface area (Å²) < 4.78 is 2.17. The molecule has 0 amide bonds. The van der Waals surface area contributed by atoms with Crippen molar-refractivity contribution in [2.45, 2.75) is 13.8 Å². The first kappa shape index (κ1) is 10.6. The van der Waals surface area contributed by atoms with Crippen molar-refractivity contribution in [1.29, 1.82) is 0 Å². The lowest BCUT2D eigenvalue weighted by atomic mass is 9.98. The topological polar surface area (TPSA) is 17.3 Å². The maximum absolute atomic E-state index is 4.53. The number of nitrogens with zero attached hydrogens (tertiary/aromatic N) is 2. The number of imidazole rings is 1. The summed E-state index contributed by atoms with van der Waals surface area (Å²) in [6.45, 7) is 4.36. The fraction of sp³-hybridized carbons (Fsp3) is 0.118. The molecule has 0 saturated carbocycles. The molecule has 2 aromatic heterocycles. The molecular weight excluding hydrogens is 232 g/mol. The molecule has 19 heavy (non-hydrogen) atoms.